The van der Waals surface area contributed by atoms with Crippen LogP contribution in [0.15, 0.2) is 60.8 Å². The van der Waals surface area contributed by atoms with Crippen LogP contribution in [0.25, 0.3) is 0 Å². The second kappa shape index (κ2) is 67.6. The van der Waals surface area contributed by atoms with Crippen LogP contribution in [0.1, 0.15) is 367 Å². The number of ether oxygens (including phenoxy) is 3. The molecule has 0 rings (SSSR count). The average Bonchev–Trinajstić information content (AvgIpc) is 3.45. The average molecular weight is 1110 g/mol. The molecule has 0 saturated heterocycles. The zero-order valence-corrected chi connectivity index (χ0v) is 52.9. The van der Waals surface area contributed by atoms with Gasteiger partial charge in [0, 0.05) is 19.3 Å². The van der Waals surface area contributed by atoms with Crippen molar-refractivity contribution in [3.05, 3.63) is 60.8 Å². The van der Waals surface area contributed by atoms with Crippen molar-refractivity contribution in [3.8, 4) is 0 Å². The van der Waals surface area contributed by atoms with Gasteiger partial charge >= 0.3 is 17.9 Å². The summed E-state index contributed by atoms with van der Waals surface area (Å²) in [4.78, 5) is 38.4. The summed E-state index contributed by atoms with van der Waals surface area (Å²) in [5.74, 6) is -0.889. The lowest BCUT2D eigenvalue weighted by atomic mass is 10.0. The normalized spacial score (nSPS) is 12.4. The number of hydrogen-bond acceptors (Lipinski definition) is 6. The van der Waals surface area contributed by atoms with Crippen LogP contribution >= 0.6 is 0 Å². The van der Waals surface area contributed by atoms with Crippen LogP contribution in [0.5, 0.6) is 0 Å². The van der Waals surface area contributed by atoms with Crippen LogP contribution in [0.4, 0.5) is 0 Å². The first-order valence-electron chi connectivity index (χ1n) is 34.8. The largest absolute Gasteiger partial charge is 0.462 e. The van der Waals surface area contributed by atoms with Gasteiger partial charge in [-0.1, -0.05) is 326 Å². The van der Waals surface area contributed by atoms with Gasteiger partial charge in [-0.05, 0) is 83.5 Å². The zero-order chi connectivity index (χ0) is 57.1. The van der Waals surface area contributed by atoms with Crippen LogP contribution in [-0.4, -0.2) is 37.2 Å². The summed E-state index contributed by atoms with van der Waals surface area (Å²) in [6.07, 6.45) is 86.8. The van der Waals surface area contributed by atoms with Crippen LogP contribution in [0.2, 0.25) is 0 Å². The molecule has 1 unspecified atom stereocenters. The van der Waals surface area contributed by atoms with Gasteiger partial charge in [-0.3, -0.25) is 14.4 Å². The molecule has 6 heteroatoms. The Labute approximate surface area is 491 Å². The molecule has 0 heterocycles. The van der Waals surface area contributed by atoms with E-state index in [2.05, 4.69) is 81.5 Å². The van der Waals surface area contributed by atoms with Gasteiger partial charge < -0.3 is 14.2 Å². The molecule has 0 aromatic rings. The van der Waals surface area contributed by atoms with Gasteiger partial charge in [0.2, 0.25) is 0 Å². The van der Waals surface area contributed by atoms with Crippen molar-refractivity contribution >= 4 is 17.9 Å². The highest BCUT2D eigenvalue weighted by atomic mass is 16.6. The molecule has 0 aliphatic rings. The molecule has 0 radical (unpaired) electrons. The van der Waals surface area contributed by atoms with E-state index in [1.807, 2.05) is 0 Å². The fraction of sp³-hybridized carbons (Fsp3) is 0.822. The number of carbonyl (C=O) groups excluding carboxylic acids is 3. The predicted octanol–water partition coefficient (Wildman–Crippen LogP) is 23.9. The molecular formula is C73H132O6. The highest BCUT2D eigenvalue weighted by molar-refractivity contribution is 5.71. The summed E-state index contributed by atoms with van der Waals surface area (Å²) in [6.45, 7) is 6.58. The van der Waals surface area contributed by atoms with Gasteiger partial charge in [-0.15, -0.1) is 0 Å². The molecule has 0 aliphatic heterocycles. The highest BCUT2D eigenvalue weighted by Gasteiger charge is 2.19. The van der Waals surface area contributed by atoms with Crippen LogP contribution < -0.4 is 0 Å². The third kappa shape index (κ3) is 65.8. The Hall–Kier alpha value is -2.89. The molecule has 0 bridgehead atoms. The van der Waals surface area contributed by atoms with Crippen molar-refractivity contribution in [1.29, 1.82) is 0 Å². The summed E-state index contributed by atoms with van der Waals surface area (Å²) in [5, 5.41) is 0. The fourth-order valence-corrected chi connectivity index (χ4v) is 10.3. The van der Waals surface area contributed by atoms with E-state index in [0.717, 1.165) is 109 Å². The monoisotopic (exact) mass is 1110 g/mol. The molecule has 79 heavy (non-hydrogen) atoms. The Morgan fingerprint density at radius 2 is 0.481 bits per heavy atom. The quantitative estimate of drug-likeness (QED) is 0.0261. The predicted molar refractivity (Wildman–Crippen MR) is 344 cm³/mol. The second-order valence-corrected chi connectivity index (χ2v) is 23.4. The van der Waals surface area contributed by atoms with E-state index in [1.165, 1.54) is 218 Å². The molecule has 1 atom stereocenters. The Kier molecular flexibility index (Phi) is 65.1. The van der Waals surface area contributed by atoms with E-state index in [1.54, 1.807) is 0 Å². The van der Waals surface area contributed by atoms with E-state index in [4.69, 9.17) is 14.2 Å². The molecule has 0 N–H and O–H groups in total. The van der Waals surface area contributed by atoms with Crippen molar-refractivity contribution < 1.29 is 28.6 Å². The maximum absolute atomic E-state index is 12.9. The lowest BCUT2D eigenvalue weighted by Crippen LogP contribution is -2.30. The van der Waals surface area contributed by atoms with Crippen LogP contribution in [0, 0.1) is 0 Å². The standard InChI is InChI=1S/C73H132O6/c1-4-7-10-13-16-19-22-25-27-29-31-32-33-34-35-36-37-38-39-40-42-43-45-48-51-54-57-60-63-66-72(75)78-69-70(68-77-71(74)65-62-59-56-53-50-47-24-21-18-15-12-9-6-3)79-73(76)67-64-61-58-55-52-49-46-44-41-30-28-26-23-20-17-14-11-8-5-2/h12,15,17,20-21,24,26,28,41,44,70H,4-11,13-14,16,18-19,22-23,25,27,29-40,42-43,45-69H2,1-3H3/b15-12-,20-17-,24-21-,28-26-,44-41-. The fourth-order valence-electron chi connectivity index (χ4n) is 10.3. The van der Waals surface area contributed by atoms with Crippen molar-refractivity contribution in [1.82, 2.24) is 0 Å². The second-order valence-electron chi connectivity index (χ2n) is 23.4. The number of unbranched alkanes of at least 4 members (excludes halogenated alkanes) is 43. The lowest BCUT2D eigenvalue weighted by Gasteiger charge is -2.18. The highest BCUT2D eigenvalue weighted by Crippen LogP contribution is 2.18. The van der Waals surface area contributed by atoms with Gasteiger partial charge in [-0.2, -0.15) is 0 Å². The van der Waals surface area contributed by atoms with E-state index in [0.29, 0.717) is 19.3 Å². The maximum atomic E-state index is 12.9. The third-order valence-corrected chi connectivity index (χ3v) is 15.5. The number of hydrogen-bond donors (Lipinski definition) is 0. The molecule has 0 amide bonds. The van der Waals surface area contributed by atoms with E-state index < -0.39 is 6.10 Å². The number of carbonyl (C=O) groups is 3. The Morgan fingerprint density at radius 3 is 0.785 bits per heavy atom. The zero-order valence-electron chi connectivity index (χ0n) is 52.9. The van der Waals surface area contributed by atoms with Gasteiger partial charge in [0.15, 0.2) is 6.10 Å². The molecule has 0 spiro atoms. The molecule has 0 fully saturated rings. The molecule has 0 aromatic heterocycles. The minimum Gasteiger partial charge on any atom is -0.462 e. The third-order valence-electron chi connectivity index (χ3n) is 15.5. The Bertz CT molecular complexity index is 1410. The van der Waals surface area contributed by atoms with Crippen molar-refractivity contribution in [2.45, 2.75) is 374 Å². The molecule has 0 aliphatic carbocycles. The van der Waals surface area contributed by atoms with E-state index >= 15 is 0 Å². The summed E-state index contributed by atoms with van der Waals surface area (Å²) in [7, 11) is 0. The first-order valence-corrected chi connectivity index (χ1v) is 34.8. The van der Waals surface area contributed by atoms with E-state index in [9.17, 15) is 14.4 Å². The maximum Gasteiger partial charge on any atom is 0.306 e. The SMILES string of the molecule is CCC/C=C\C/C=C\CCCCCCCC(=O)OCC(COC(=O)CCCCCCCCCCCCCCCCCCCCCCCCCCCCCCC)OC(=O)CCCCCCCC/C=C\C/C=C\C/C=C\CCCCC. The molecular weight excluding hydrogens is 973 g/mol. The Morgan fingerprint density at radius 1 is 0.253 bits per heavy atom. The van der Waals surface area contributed by atoms with Crippen molar-refractivity contribution in [3.63, 3.8) is 0 Å². The lowest BCUT2D eigenvalue weighted by molar-refractivity contribution is -0.167. The number of esters is 3. The smallest absolute Gasteiger partial charge is 0.306 e. The first kappa shape index (κ1) is 76.1. The summed E-state index contributed by atoms with van der Waals surface area (Å²) >= 11 is 0. The summed E-state index contributed by atoms with van der Waals surface area (Å²) in [5.41, 5.74) is 0. The minimum atomic E-state index is -0.787. The molecule has 460 valence electrons. The first-order chi connectivity index (χ1) is 39.0. The van der Waals surface area contributed by atoms with Gasteiger partial charge in [0.1, 0.15) is 13.2 Å². The Balaban J connectivity index is 4.21. The summed E-state index contributed by atoms with van der Waals surface area (Å²) in [6, 6.07) is 0. The molecule has 6 nitrogen and oxygen atoms in total. The van der Waals surface area contributed by atoms with Gasteiger partial charge in [0.05, 0.1) is 0 Å². The minimum absolute atomic E-state index is 0.0812. The van der Waals surface area contributed by atoms with Crippen molar-refractivity contribution in [2.24, 2.45) is 0 Å². The van der Waals surface area contributed by atoms with Crippen molar-refractivity contribution in [2.75, 3.05) is 13.2 Å². The van der Waals surface area contributed by atoms with Gasteiger partial charge in [-0.25, -0.2) is 0 Å². The number of allylic oxidation sites excluding steroid dienone is 10. The molecule has 0 aromatic carbocycles. The summed E-state index contributed by atoms with van der Waals surface area (Å²) < 4.78 is 16.9. The van der Waals surface area contributed by atoms with Crippen LogP contribution in [0.3, 0.4) is 0 Å². The van der Waals surface area contributed by atoms with E-state index in [-0.39, 0.29) is 31.1 Å². The van der Waals surface area contributed by atoms with Gasteiger partial charge in [0.25, 0.3) is 0 Å². The number of rotatable bonds is 64. The topological polar surface area (TPSA) is 78.9 Å². The van der Waals surface area contributed by atoms with Crippen LogP contribution in [-0.2, 0) is 28.6 Å². The molecule has 0 saturated carbocycles.